The molecule has 0 aliphatic heterocycles. The Kier molecular flexibility index (Phi) is 1.87. The Labute approximate surface area is 76.6 Å². The molecule has 1 saturated carbocycles. The minimum Gasteiger partial charge on any atom is -0.423 e. The molecule has 4 N–H and O–H groups in total. The van der Waals surface area contributed by atoms with Crippen LogP contribution in [0.15, 0.2) is 18.3 Å². The summed E-state index contributed by atoms with van der Waals surface area (Å²) >= 11 is 0. The number of nitrogens with two attached hydrogens (primary N) is 1. The standard InChI is InChI=1S/C8H11BN2O2/c10-8(2-3-8)7-5-6(9(12)13)1-4-11-7/h1,4-5,12-13H,2-3,10H2. The maximum Gasteiger partial charge on any atom is 0.488 e. The second kappa shape index (κ2) is 2.80. The molecular weight excluding hydrogens is 167 g/mol. The lowest BCUT2D eigenvalue weighted by molar-refractivity contribution is 0.425. The van der Waals surface area contributed by atoms with Crippen LogP contribution in [0.25, 0.3) is 0 Å². The lowest BCUT2D eigenvalue weighted by Gasteiger charge is -2.08. The Morgan fingerprint density at radius 3 is 2.69 bits per heavy atom. The number of hydrogen-bond donors (Lipinski definition) is 3. The number of aromatic nitrogens is 1. The molecule has 4 nitrogen and oxygen atoms in total. The Bertz CT molecular complexity index is 326. The number of nitrogens with zero attached hydrogens (tertiary/aromatic N) is 1. The van der Waals surface area contributed by atoms with Crippen LogP contribution in [-0.2, 0) is 5.54 Å². The first-order chi connectivity index (χ1) is 6.12. The lowest BCUT2D eigenvalue weighted by Crippen LogP contribution is -2.32. The van der Waals surface area contributed by atoms with Crippen molar-refractivity contribution in [1.82, 2.24) is 4.98 Å². The van der Waals surface area contributed by atoms with Crippen LogP contribution in [-0.4, -0.2) is 22.2 Å². The van der Waals surface area contributed by atoms with Gasteiger partial charge < -0.3 is 15.8 Å². The second-order valence-electron chi connectivity index (χ2n) is 3.50. The molecule has 0 atom stereocenters. The van der Waals surface area contributed by atoms with Gasteiger partial charge in [0.05, 0.1) is 11.2 Å². The van der Waals surface area contributed by atoms with E-state index < -0.39 is 7.12 Å². The highest BCUT2D eigenvalue weighted by Crippen LogP contribution is 2.40. The fraction of sp³-hybridized carbons (Fsp3) is 0.375. The van der Waals surface area contributed by atoms with Gasteiger partial charge >= 0.3 is 7.12 Å². The van der Waals surface area contributed by atoms with E-state index in [0.29, 0.717) is 5.46 Å². The molecule has 1 aromatic rings. The van der Waals surface area contributed by atoms with E-state index in [0.717, 1.165) is 18.5 Å². The summed E-state index contributed by atoms with van der Waals surface area (Å²) < 4.78 is 0. The predicted molar refractivity (Wildman–Crippen MR) is 49.2 cm³/mol. The molecule has 0 spiro atoms. The lowest BCUT2D eigenvalue weighted by atomic mass is 9.80. The van der Waals surface area contributed by atoms with Gasteiger partial charge in [-0.05, 0) is 30.4 Å². The van der Waals surface area contributed by atoms with E-state index in [1.54, 1.807) is 18.3 Å². The van der Waals surface area contributed by atoms with Gasteiger partial charge in [0.25, 0.3) is 0 Å². The maximum absolute atomic E-state index is 8.92. The second-order valence-corrected chi connectivity index (χ2v) is 3.50. The van der Waals surface area contributed by atoms with Crippen molar-refractivity contribution < 1.29 is 10.0 Å². The van der Waals surface area contributed by atoms with Gasteiger partial charge in [-0.15, -0.1) is 0 Å². The van der Waals surface area contributed by atoms with E-state index in [4.69, 9.17) is 15.8 Å². The summed E-state index contributed by atoms with van der Waals surface area (Å²) in [6.07, 6.45) is 3.40. The van der Waals surface area contributed by atoms with Crippen LogP contribution < -0.4 is 11.2 Å². The average molecular weight is 178 g/mol. The van der Waals surface area contributed by atoms with Gasteiger partial charge in [-0.1, -0.05) is 0 Å². The van der Waals surface area contributed by atoms with Crippen LogP contribution in [0.5, 0.6) is 0 Å². The van der Waals surface area contributed by atoms with Crippen LogP contribution in [0.4, 0.5) is 0 Å². The van der Waals surface area contributed by atoms with Crippen LogP contribution >= 0.6 is 0 Å². The van der Waals surface area contributed by atoms with Crippen molar-refractivity contribution in [2.24, 2.45) is 5.73 Å². The largest absolute Gasteiger partial charge is 0.488 e. The summed E-state index contributed by atoms with van der Waals surface area (Å²) in [7, 11) is -1.44. The van der Waals surface area contributed by atoms with E-state index in [1.807, 2.05) is 0 Å². The minimum atomic E-state index is -1.44. The first kappa shape index (κ1) is 8.68. The van der Waals surface area contributed by atoms with Crippen LogP contribution in [0.3, 0.4) is 0 Å². The van der Waals surface area contributed by atoms with Crippen LogP contribution in [0.2, 0.25) is 0 Å². The third-order valence-corrected chi connectivity index (χ3v) is 2.38. The quantitative estimate of drug-likeness (QED) is 0.492. The first-order valence-electron chi connectivity index (χ1n) is 4.23. The Morgan fingerprint density at radius 1 is 1.46 bits per heavy atom. The van der Waals surface area contributed by atoms with E-state index in [1.165, 1.54) is 0 Å². The van der Waals surface area contributed by atoms with Crippen molar-refractivity contribution in [2.45, 2.75) is 18.4 Å². The Morgan fingerprint density at radius 2 is 2.15 bits per heavy atom. The van der Waals surface area contributed by atoms with Gasteiger partial charge in [0.15, 0.2) is 0 Å². The summed E-state index contributed by atoms with van der Waals surface area (Å²) in [5, 5.41) is 17.8. The van der Waals surface area contributed by atoms with Crippen molar-refractivity contribution in [1.29, 1.82) is 0 Å². The molecule has 0 unspecified atom stereocenters. The summed E-state index contributed by atoms with van der Waals surface area (Å²) in [5.74, 6) is 0. The Balaban J connectivity index is 2.33. The molecule has 0 saturated heterocycles. The molecule has 13 heavy (non-hydrogen) atoms. The summed E-state index contributed by atoms with van der Waals surface area (Å²) in [4.78, 5) is 4.11. The molecule has 1 aromatic heterocycles. The third kappa shape index (κ3) is 1.58. The van der Waals surface area contributed by atoms with Crippen molar-refractivity contribution in [3.05, 3.63) is 24.0 Å². The number of pyridine rings is 1. The molecule has 68 valence electrons. The zero-order valence-electron chi connectivity index (χ0n) is 7.14. The molecule has 0 radical (unpaired) electrons. The minimum absolute atomic E-state index is 0.315. The van der Waals surface area contributed by atoms with Crippen molar-refractivity contribution in [3.8, 4) is 0 Å². The fourth-order valence-electron chi connectivity index (χ4n) is 1.27. The zero-order chi connectivity index (χ0) is 9.47. The monoisotopic (exact) mass is 178 g/mol. The normalized spacial score (nSPS) is 18.4. The summed E-state index contributed by atoms with van der Waals surface area (Å²) in [5.41, 5.74) is 6.79. The van der Waals surface area contributed by atoms with Crippen LogP contribution in [0.1, 0.15) is 18.5 Å². The average Bonchev–Trinajstić information content (AvgIpc) is 2.85. The molecule has 0 aromatic carbocycles. The summed E-state index contributed by atoms with van der Waals surface area (Å²) in [6.45, 7) is 0. The number of rotatable bonds is 2. The Hall–Kier alpha value is -0.905. The van der Waals surface area contributed by atoms with Crippen molar-refractivity contribution in [3.63, 3.8) is 0 Å². The molecule has 1 heterocycles. The van der Waals surface area contributed by atoms with Gasteiger partial charge in [-0.25, -0.2) is 0 Å². The third-order valence-electron chi connectivity index (χ3n) is 2.38. The molecule has 1 aliphatic rings. The van der Waals surface area contributed by atoms with E-state index in [2.05, 4.69) is 4.98 Å². The zero-order valence-corrected chi connectivity index (χ0v) is 7.14. The van der Waals surface area contributed by atoms with E-state index in [9.17, 15) is 0 Å². The SMILES string of the molecule is NC1(c2cc(B(O)O)ccn2)CC1. The molecule has 0 amide bonds. The van der Waals surface area contributed by atoms with Gasteiger partial charge in [-0.2, -0.15) is 0 Å². The van der Waals surface area contributed by atoms with Gasteiger partial charge in [-0.3, -0.25) is 4.98 Å². The fourth-order valence-corrected chi connectivity index (χ4v) is 1.27. The van der Waals surface area contributed by atoms with E-state index >= 15 is 0 Å². The van der Waals surface area contributed by atoms with Crippen LogP contribution in [0, 0.1) is 0 Å². The molecule has 1 fully saturated rings. The number of hydrogen-bond acceptors (Lipinski definition) is 4. The summed E-state index contributed by atoms with van der Waals surface area (Å²) in [6, 6.07) is 3.22. The predicted octanol–water partition coefficient (Wildman–Crippen LogP) is -1.29. The van der Waals surface area contributed by atoms with Crippen molar-refractivity contribution >= 4 is 12.6 Å². The van der Waals surface area contributed by atoms with E-state index in [-0.39, 0.29) is 5.54 Å². The topological polar surface area (TPSA) is 79.4 Å². The molecule has 0 bridgehead atoms. The molecule has 2 rings (SSSR count). The highest BCUT2D eigenvalue weighted by atomic mass is 16.4. The first-order valence-corrected chi connectivity index (χ1v) is 4.23. The molecule has 5 heteroatoms. The van der Waals surface area contributed by atoms with Crippen molar-refractivity contribution in [2.75, 3.05) is 0 Å². The maximum atomic E-state index is 8.92. The molecule has 1 aliphatic carbocycles. The van der Waals surface area contributed by atoms with Gasteiger partial charge in [0.1, 0.15) is 0 Å². The van der Waals surface area contributed by atoms with Gasteiger partial charge in [0.2, 0.25) is 0 Å². The highest BCUT2D eigenvalue weighted by Gasteiger charge is 2.41. The highest BCUT2D eigenvalue weighted by molar-refractivity contribution is 6.58. The smallest absolute Gasteiger partial charge is 0.423 e. The van der Waals surface area contributed by atoms with Gasteiger partial charge in [0, 0.05) is 6.20 Å². The molecular formula is C8H11BN2O2.